The molecule has 1 saturated heterocycles. The summed E-state index contributed by atoms with van der Waals surface area (Å²) in [4.78, 5) is 33.7. The van der Waals surface area contributed by atoms with Crippen molar-refractivity contribution in [3.05, 3.63) is 62.1 Å². The predicted octanol–water partition coefficient (Wildman–Crippen LogP) is 2.55. The Morgan fingerprint density at radius 1 is 0.906 bits per heavy atom. The normalized spacial score (nSPS) is 15.2. The topological polar surface area (TPSA) is 69.5 Å². The van der Waals surface area contributed by atoms with Crippen LogP contribution in [0.1, 0.15) is 36.2 Å². The molecule has 8 nitrogen and oxygen atoms in total. The van der Waals surface area contributed by atoms with Gasteiger partial charge in [-0.05, 0) is 58.8 Å². The van der Waals surface area contributed by atoms with Crippen molar-refractivity contribution in [1.82, 2.24) is 28.0 Å². The summed E-state index contributed by atoms with van der Waals surface area (Å²) >= 11 is 0. The van der Waals surface area contributed by atoms with Crippen LogP contribution in [0.4, 0.5) is 0 Å². The first-order chi connectivity index (χ1) is 15.4. The molecule has 1 aliphatic rings. The molecule has 3 aromatic heterocycles. The van der Waals surface area contributed by atoms with Crippen molar-refractivity contribution in [1.29, 1.82) is 0 Å². The molecule has 0 bridgehead atoms. The molecule has 0 radical (unpaired) electrons. The number of aromatic nitrogens is 5. The summed E-state index contributed by atoms with van der Waals surface area (Å²) in [6.07, 6.45) is 3.62. The van der Waals surface area contributed by atoms with Gasteiger partial charge in [-0.25, -0.2) is 4.79 Å². The summed E-state index contributed by atoms with van der Waals surface area (Å²) in [5.41, 5.74) is 4.44. The Morgan fingerprint density at radius 2 is 1.59 bits per heavy atom. The standard InChI is InChI=1S/C24H30N6O2/c1-16-8-10-19(11-9-16)29-17(2)18(3)30-20-21(25-23(29)30)26(4)24(32)28(22(20)31)15-14-27-12-6-5-7-13-27/h8-11H,5-7,12-15H2,1-4H3. The number of benzene rings is 1. The molecule has 0 atom stereocenters. The highest BCUT2D eigenvalue weighted by molar-refractivity contribution is 5.77. The van der Waals surface area contributed by atoms with Crippen LogP contribution in [-0.4, -0.2) is 47.6 Å². The fourth-order valence-corrected chi connectivity index (χ4v) is 4.88. The second-order valence-electron chi connectivity index (χ2n) is 8.96. The third-order valence-electron chi connectivity index (χ3n) is 6.90. The van der Waals surface area contributed by atoms with E-state index in [2.05, 4.69) is 40.7 Å². The van der Waals surface area contributed by atoms with Crippen LogP contribution in [0.2, 0.25) is 0 Å². The number of hydrogen-bond acceptors (Lipinski definition) is 4. The molecule has 5 rings (SSSR count). The minimum Gasteiger partial charge on any atom is -0.302 e. The van der Waals surface area contributed by atoms with Crippen molar-refractivity contribution in [3.8, 4) is 5.69 Å². The highest BCUT2D eigenvalue weighted by Crippen LogP contribution is 2.24. The van der Waals surface area contributed by atoms with Gasteiger partial charge in [0.05, 0.1) is 0 Å². The van der Waals surface area contributed by atoms with Gasteiger partial charge in [-0.3, -0.25) is 22.9 Å². The predicted molar refractivity (Wildman–Crippen MR) is 126 cm³/mol. The first-order valence-corrected chi connectivity index (χ1v) is 11.4. The number of aryl methyl sites for hydroxylation is 3. The highest BCUT2D eigenvalue weighted by atomic mass is 16.2. The first-order valence-electron chi connectivity index (χ1n) is 11.4. The lowest BCUT2D eigenvalue weighted by Crippen LogP contribution is -2.43. The summed E-state index contributed by atoms with van der Waals surface area (Å²) in [5, 5.41) is 0. The Hall–Kier alpha value is -3.13. The zero-order valence-corrected chi connectivity index (χ0v) is 19.3. The van der Waals surface area contributed by atoms with Gasteiger partial charge in [0, 0.05) is 37.2 Å². The smallest absolute Gasteiger partial charge is 0.302 e. The van der Waals surface area contributed by atoms with Crippen molar-refractivity contribution >= 4 is 16.9 Å². The van der Waals surface area contributed by atoms with Crippen LogP contribution in [0, 0.1) is 20.8 Å². The molecule has 0 saturated carbocycles. The lowest BCUT2D eigenvalue weighted by Gasteiger charge is -2.26. The molecule has 0 amide bonds. The lowest BCUT2D eigenvalue weighted by molar-refractivity contribution is 0.218. The molecule has 1 aromatic carbocycles. The Morgan fingerprint density at radius 3 is 2.28 bits per heavy atom. The summed E-state index contributed by atoms with van der Waals surface area (Å²) in [6.45, 7) is 9.26. The molecule has 0 aliphatic carbocycles. The molecule has 0 N–H and O–H groups in total. The molecular weight excluding hydrogens is 404 g/mol. The Kier molecular flexibility index (Phi) is 5.04. The maximum Gasteiger partial charge on any atom is 0.332 e. The number of piperidine rings is 1. The largest absolute Gasteiger partial charge is 0.332 e. The van der Waals surface area contributed by atoms with Gasteiger partial charge in [-0.2, -0.15) is 4.98 Å². The third kappa shape index (κ3) is 3.12. The number of imidazole rings is 2. The Balaban J connectivity index is 1.70. The molecule has 1 fully saturated rings. The van der Waals surface area contributed by atoms with Crippen LogP contribution >= 0.6 is 0 Å². The second kappa shape index (κ2) is 7.78. The average molecular weight is 435 g/mol. The number of rotatable bonds is 4. The lowest BCUT2D eigenvalue weighted by atomic mass is 10.1. The van der Waals surface area contributed by atoms with E-state index in [-0.39, 0.29) is 11.2 Å². The number of fused-ring (bicyclic) bond motifs is 3. The molecule has 8 heteroatoms. The Bertz CT molecular complexity index is 1430. The van der Waals surface area contributed by atoms with Crippen molar-refractivity contribution in [2.24, 2.45) is 7.05 Å². The zero-order chi connectivity index (χ0) is 22.6. The minimum absolute atomic E-state index is 0.267. The maximum atomic E-state index is 13.6. The minimum atomic E-state index is -0.309. The summed E-state index contributed by atoms with van der Waals surface area (Å²) < 4.78 is 6.84. The van der Waals surface area contributed by atoms with Gasteiger partial charge >= 0.3 is 5.69 Å². The van der Waals surface area contributed by atoms with Crippen molar-refractivity contribution < 1.29 is 0 Å². The van der Waals surface area contributed by atoms with Gasteiger partial charge in [0.25, 0.3) is 5.56 Å². The SMILES string of the molecule is Cc1ccc(-n2c(C)c(C)n3c4c(=O)n(CCN5CCCCC5)c(=O)n(C)c4nc23)cc1. The summed E-state index contributed by atoms with van der Waals surface area (Å²) in [5.74, 6) is 0.653. The van der Waals surface area contributed by atoms with E-state index in [0.29, 0.717) is 30.0 Å². The molecule has 32 heavy (non-hydrogen) atoms. The molecule has 0 unspecified atom stereocenters. The Labute approximate surface area is 186 Å². The fourth-order valence-electron chi connectivity index (χ4n) is 4.88. The number of nitrogens with zero attached hydrogens (tertiary/aromatic N) is 6. The van der Waals surface area contributed by atoms with E-state index in [4.69, 9.17) is 4.98 Å². The van der Waals surface area contributed by atoms with Crippen molar-refractivity contribution in [2.75, 3.05) is 19.6 Å². The molecule has 1 aliphatic heterocycles. The van der Waals surface area contributed by atoms with E-state index >= 15 is 0 Å². The van der Waals surface area contributed by atoms with Crippen LogP contribution in [-0.2, 0) is 13.6 Å². The van der Waals surface area contributed by atoms with Gasteiger partial charge in [-0.1, -0.05) is 24.1 Å². The van der Waals surface area contributed by atoms with Gasteiger partial charge in [0.2, 0.25) is 5.78 Å². The van der Waals surface area contributed by atoms with Crippen LogP contribution in [0.25, 0.3) is 22.6 Å². The van der Waals surface area contributed by atoms with Crippen LogP contribution in [0.3, 0.4) is 0 Å². The van der Waals surface area contributed by atoms with E-state index in [1.54, 1.807) is 7.05 Å². The van der Waals surface area contributed by atoms with Gasteiger partial charge < -0.3 is 4.90 Å². The van der Waals surface area contributed by atoms with E-state index in [9.17, 15) is 9.59 Å². The maximum absolute atomic E-state index is 13.6. The quantitative estimate of drug-likeness (QED) is 0.495. The van der Waals surface area contributed by atoms with E-state index in [1.807, 2.05) is 18.2 Å². The van der Waals surface area contributed by atoms with Gasteiger partial charge in [-0.15, -0.1) is 0 Å². The van der Waals surface area contributed by atoms with Crippen LogP contribution in [0.5, 0.6) is 0 Å². The van der Waals surface area contributed by atoms with E-state index in [0.717, 1.165) is 30.2 Å². The monoisotopic (exact) mass is 434 g/mol. The van der Waals surface area contributed by atoms with Crippen LogP contribution < -0.4 is 11.2 Å². The average Bonchev–Trinajstić information content (AvgIpc) is 3.29. The van der Waals surface area contributed by atoms with Gasteiger partial charge in [0.15, 0.2) is 11.2 Å². The second-order valence-corrected chi connectivity index (χ2v) is 8.96. The molecule has 4 heterocycles. The summed E-state index contributed by atoms with van der Waals surface area (Å²) in [6, 6.07) is 8.23. The van der Waals surface area contributed by atoms with Crippen molar-refractivity contribution in [2.45, 2.75) is 46.6 Å². The molecule has 168 valence electrons. The fraction of sp³-hybridized carbons (Fsp3) is 0.458. The first kappa shape index (κ1) is 20.8. The molecular formula is C24H30N6O2. The van der Waals surface area contributed by atoms with Crippen LogP contribution in [0.15, 0.2) is 33.9 Å². The highest BCUT2D eigenvalue weighted by Gasteiger charge is 2.23. The number of likely N-dealkylation sites (tertiary alicyclic amines) is 1. The zero-order valence-electron chi connectivity index (χ0n) is 19.3. The molecule has 0 spiro atoms. The van der Waals surface area contributed by atoms with E-state index in [1.165, 1.54) is 34.0 Å². The molecule has 4 aromatic rings. The van der Waals surface area contributed by atoms with Gasteiger partial charge in [0.1, 0.15) is 0 Å². The van der Waals surface area contributed by atoms with E-state index < -0.39 is 0 Å². The van der Waals surface area contributed by atoms with Crippen molar-refractivity contribution in [3.63, 3.8) is 0 Å². The third-order valence-corrected chi connectivity index (χ3v) is 6.90. The summed E-state index contributed by atoms with van der Waals surface area (Å²) in [7, 11) is 1.70. The number of hydrogen-bond donors (Lipinski definition) is 0.